The number of carboxylic acid groups (broad SMARTS) is 1. The maximum absolute atomic E-state index is 11.0. The van der Waals surface area contributed by atoms with Crippen LogP contribution in [0.2, 0.25) is 0 Å². The molecule has 1 unspecified atom stereocenters. The van der Waals surface area contributed by atoms with Gasteiger partial charge in [0.25, 0.3) is 0 Å². The smallest absolute Gasteiger partial charge is 0.335 e. The summed E-state index contributed by atoms with van der Waals surface area (Å²) in [6.07, 6.45) is 3.02. The molecule has 0 heterocycles. The van der Waals surface area contributed by atoms with E-state index in [0.29, 0.717) is 5.56 Å². The second-order valence-electron chi connectivity index (χ2n) is 4.20. The zero-order valence-corrected chi connectivity index (χ0v) is 10.8. The minimum absolute atomic E-state index is 0.245. The number of hydrogen-bond acceptors (Lipinski definition) is 2. The molecule has 3 nitrogen and oxygen atoms in total. The Balaban J connectivity index is 3.16. The summed E-state index contributed by atoms with van der Waals surface area (Å²) in [7, 11) is 1.92. The normalized spacial score (nSPS) is 12.4. The van der Waals surface area contributed by atoms with Crippen molar-refractivity contribution < 1.29 is 9.90 Å². The van der Waals surface area contributed by atoms with E-state index in [2.05, 4.69) is 19.2 Å². The zero-order chi connectivity index (χ0) is 12.8. The number of aryl methyl sites for hydroxylation is 1. The van der Waals surface area contributed by atoms with Crippen LogP contribution in [0.5, 0.6) is 0 Å². The first-order chi connectivity index (χ1) is 8.13. The molecular formula is C14H21NO2. The van der Waals surface area contributed by atoms with Gasteiger partial charge in [0.2, 0.25) is 0 Å². The second-order valence-corrected chi connectivity index (χ2v) is 4.20. The van der Waals surface area contributed by atoms with Crippen LogP contribution in [-0.2, 0) is 6.42 Å². The van der Waals surface area contributed by atoms with Gasteiger partial charge in [-0.3, -0.25) is 0 Å². The van der Waals surface area contributed by atoms with E-state index < -0.39 is 5.97 Å². The third-order valence-corrected chi connectivity index (χ3v) is 3.07. The molecule has 1 rings (SSSR count). The molecule has 0 saturated heterocycles. The zero-order valence-electron chi connectivity index (χ0n) is 10.8. The van der Waals surface area contributed by atoms with Crippen molar-refractivity contribution in [2.75, 3.05) is 7.05 Å². The number of carboxylic acids is 1. The van der Waals surface area contributed by atoms with Gasteiger partial charge >= 0.3 is 5.97 Å². The summed E-state index contributed by atoms with van der Waals surface area (Å²) in [4.78, 5) is 11.0. The molecular weight excluding hydrogens is 214 g/mol. The SMILES string of the molecule is CCCC(NC)c1cc(C(=O)O)ccc1CC. The molecule has 0 aromatic heterocycles. The van der Waals surface area contributed by atoms with Crippen LogP contribution in [0.4, 0.5) is 0 Å². The highest BCUT2D eigenvalue weighted by Crippen LogP contribution is 2.24. The minimum atomic E-state index is -0.861. The molecule has 0 saturated carbocycles. The summed E-state index contributed by atoms with van der Waals surface area (Å²) in [6.45, 7) is 4.23. The van der Waals surface area contributed by atoms with E-state index in [4.69, 9.17) is 5.11 Å². The molecule has 0 aliphatic rings. The van der Waals surface area contributed by atoms with Crippen molar-refractivity contribution in [1.82, 2.24) is 5.32 Å². The average molecular weight is 235 g/mol. The number of carbonyl (C=O) groups is 1. The third-order valence-electron chi connectivity index (χ3n) is 3.07. The van der Waals surface area contributed by atoms with Gasteiger partial charge in [0.05, 0.1) is 5.56 Å². The third kappa shape index (κ3) is 3.30. The van der Waals surface area contributed by atoms with E-state index in [9.17, 15) is 4.79 Å². The van der Waals surface area contributed by atoms with Crippen molar-refractivity contribution in [2.24, 2.45) is 0 Å². The summed E-state index contributed by atoms with van der Waals surface area (Å²) >= 11 is 0. The maximum Gasteiger partial charge on any atom is 0.335 e. The lowest BCUT2D eigenvalue weighted by atomic mass is 9.93. The van der Waals surface area contributed by atoms with Gasteiger partial charge in [-0.25, -0.2) is 4.79 Å². The maximum atomic E-state index is 11.0. The van der Waals surface area contributed by atoms with Gasteiger partial charge in [-0.2, -0.15) is 0 Å². The summed E-state index contributed by atoms with van der Waals surface area (Å²) in [5, 5.41) is 12.3. The molecule has 0 aliphatic carbocycles. The van der Waals surface area contributed by atoms with Gasteiger partial charge in [0.1, 0.15) is 0 Å². The molecule has 0 radical (unpaired) electrons. The van der Waals surface area contributed by atoms with E-state index in [1.807, 2.05) is 13.1 Å². The largest absolute Gasteiger partial charge is 0.478 e. The van der Waals surface area contributed by atoms with Crippen LogP contribution in [0.25, 0.3) is 0 Å². The van der Waals surface area contributed by atoms with Crippen molar-refractivity contribution in [3.63, 3.8) is 0 Å². The Morgan fingerprint density at radius 3 is 2.59 bits per heavy atom. The van der Waals surface area contributed by atoms with Crippen molar-refractivity contribution in [3.05, 3.63) is 34.9 Å². The van der Waals surface area contributed by atoms with Gasteiger partial charge in [-0.1, -0.05) is 26.3 Å². The Hall–Kier alpha value is -1.35. The van der Waals surface area contributed by atoms with Crippen LogP contribution in [0.3, 0.4) is 0 Å². The second kappa shape index (κ2) is 6.40. The van der Waals surface area contributed by atoms with Crippen molar-refractivity contribution >= 4 is 5.97 Å². The molecule has 1 aromatic rings. The van der Waals surface area contributed by atoms with E-state index in [1.165, 1.54) is 5.56 Å². The Morgan fingerprint density at radius 2 is 2.12 bits per heavy atom. The predicted molar refractivity (Wildman–Crippen MR) is 69.5 cm³/mol. The fraction of sp³-hybridized carbons (Fsp3) is 0.500. The van der Waals surface area contributed by atoms with Crippen LogP contribution in [0.1, 0.15) is 54.2 Å². The number of aromatic carboxylic acids is 1. The molecule has 2 N–H and O–H groups in total. The van der Waals surface area contributed by atoms with Crippen LogP contribution >= 0.6 is 0 Å². The Morgan fingerprint density at radius 1 is 1.41 bits per heavy atom. The summed E-state index contributed by atoms with van der Waals surface area (Å²) in [5.41, 5.74) is 2.72. The molecule has 17 heavy (non-hydrogen) atoms. The molecule has 0 fully saturated rings. The standard InChI is InChI=1S/C14H21NO2/c1-4-6-13(15-3)12-9-11(14(16)17)8-7-10(12)5-2/h7-9,13,15H,4-6H2,1-3H3,(H,16,17). The lowest BCUT2D eigenvalue weighted by Crippen LogP contribution is -2.18. The van der Waals surface area contributed by atoms with Crippen LogP contribution < -0.4 is 5.32 Å². The van der Waals surface area contributed by atoms with Gasteiger partial charge in [-0.05, 0) is 43.1 Å². The highest BCUT2D eigenvalue weighted by atomic mass is 16.4. The minimum Gasteiger partial charge on any atom is -0.478 e. The van der Waals surface area contributed by atoms with Gasteiger partial charge in [-0.15, -0.1) is 0 Å². The Bertz CT molecular complexity index is 388. The fourth-order valence-electron chi connectivity index (χ4n) is 2.12. The molecule has 3 heteroatoms. The molecule has 0 spiro atoms. The van der Waals surface area contributed by atoms with Crippen molar-refractivity contribution in [3.8, 4) is 0 Å². The number of rotatable bonds is 6. The topological polar surface area (TPSA) is 49.3 Å². The number of hydrogen-bond donors (Lipinski definition) is 2. The lowest BCUT2D eigenvalue weighted by Gasteiger charge is -2.19. The highest BCUT2D eigenvalue weighted by Gasteiger charge is 2.14. The Labute approximate surface area is 103 Å². The van der Waals surface area contributed by atoms with Crippen LogP contribution in [0.15, 0.2) is 18.2 Å². The quantitative estimate of drug-likeness (QED) is 0.797. The molecule has 1 atom stereocenters. The van der Waals surface area contributed by atoms with E-state index in [1.54, 1.807) is 12.1 Å². The molecule has 1 aromatic carbocycles. The monoisotopic (exact) mass is 235 g/mol. The summed E-state index contributed by atoms with van der Waals surface area (Å²) in [5.74, 6) is -0.861. The van der Waals surface area contributed by atoms with E-state index in [0.717, 1.165) is 24.8 Å². The number of benzene rings is 1. The van der Waals surface area contributed by atoms with Gasteiger partial charge < -0.3 is 10.4 Å². The van der Waals surface area contributed by atoms with E-state index >= 15 is 0 Å². The molecule has 0 amide bonds. The van der Waals surface area contributed by atoms with Crippen molar-refractivity contribution in [2.45, 2.75) is 39.2 Å². The molecule has 94 valence electrons. The first-order valence-corrected chi connectivity index (χ1v) is 6.17. The van der Waals surface area contributed by atoms with Crippen LogP contribution in [0, 0.1) is 0 Å². The number of nitrogens with one attached hydrogen (secondary N) is 1. The summed E-state index contributed by atoms with van der Waals surface area (Å²) < 4.78 is 0. The first-order valence-electron chi connectivity index (χ1n) is 6.17. The highest BCUT2D eigenvalue weighted by molar-refractivity contribution is 5.88. The van der Waals surface area contributed by atoms with E-state index in [-0.39, 0.29) is 6.04 Å². The van der Waals surface area contributed by atoms with Gasteiger partial charge in [0, 0.05) is 6.04 Å². The first kappa shape index (κ1) is 13.7. The average Bonchev–Trinajstić information content (AvgIpc) is 2.35. The molecule has 0 aliphatic heterocycles. The van der Waals surface area contributed by atoms with Gasteiger partial charge in [0.15, 0.2) is 0 Å². The lowest BCUT2D eigenvalue weighted by molar-refractivity contribution is 0.0696. The predicted octanol–water partition coefficient (Wildman–Crippen LogP) is 3.01. The molecule has 0 bridgehead atoms. The fourth-order valence-corrected chi connectivity index (χ4v) is 2.12. The Kier molecular flexibility index (Phi) is 5.16. The van der Waals surface area contributed by atoms with Crippen LogP contribution in [-0.4, -0.2) is 18.1 Å². The summed E-state index contributed by atoms with van der Waals surface area (Å²) in [6, 6.07) is 5.66. The van der Waals surface area contributed by atoms with Crippen molar-refractivity contribution in [1.29, 1.82) is 0 Å².